The standard InChI is InChI=1S/C18H16N4O4/c1-26-17-8-7-15(22(24)25)9-16(17)18(23)20-14-10-19-21(12-14)11-13-5-3-2-4-6-13/h2-10,12H,11H2,1H3,(H,20,23). The molecule has 1 amide bonds. The smallest absolute Gasteiger partial charge is 0.270 e. The van der Waals surface area contributed by atoms with Crippen molar-refractivity contribution < 1.29 is 14.5 Å². The highest BCUT2D eigenvalue weighted by Gasteiger charge is 2.18. The molecule has 2 aromatic carbocycles. The quantitative estimate of drug-likeness (QED) is 0.543. The van der Waals surface area contributed by atoms with Crippen molar-refractivity contribution in [2.75, 3.05) is 12.4 Å². The van der Waals surface area contributed by atoms with Crippen LogP contribution in [0.1, 0.15) is 15.9 Å². The molecule has 1 N–H and O–H groups in total. The predicted molar refractivity (Wildman–Crippen MR) is 95.4 cm³/mol. The first-order chi connectivity index (χ1) is 12.6. The Morgan fingerprint density at radius 2 is 2.04 bits per heavy atom. The second kappa shape index (κ2) is 7.47. The summed E-state index contributed by atoms with van der Waals surface area (Å²) >= 11 is 0. The van der Waals surface area contributed by atoms with Gasteiger partial charge in [0.15, 0.2) is 0 Å². The lowest BCUT2D eigenvalue weighted by Crippen LogP contribution is -2.13. The number of anilines is 1. The summed E-state index contributed by atoms with van der Waals surface area (Å²) in [6.07, 6.45) is 3.21. The Bertz CT molecular complexity index is 937. The van der Waals surface area contributed by atoms with E-state index in [0.29, 0.717) is 12.2 Å². The number of nitrogens with one attached hydrogen (secondary N) is 1. The molecule has 0 saturated carbocycles. The predicted octanol–water partition coefficient (Wildman–Crippen LogP) is 3.10. The van der Waals surface area contributed by atoms with Crippen molar-refractivity contribution in [1.29, 1.82) is 0 Å². The van der Waals surface area contributed by atoms with Gasteiger partial charge in [-0.1, -0.05) is 30.3 Å². The Balaban J connectivity index is 1.76. The maximum atomic E-state index is 12.5. The van der Waals surface area contributed by atoms with Crippen molar-refractivity contribution >= 4 is 17.3 Å². The molecule has 3 aromatic rings. The molecule has 0 fully saturated rings. The monoisotopic (exact) mass is 352 g/mol. The number of nitro groups is 1. The van der Waals surface area contributed by atoms with E-state index in [4.69, 9.17) is 4.74 Å². The fourth-order valence-corrected chi connectivity index (χ4v) is 2.47. The number of benzene rings is 2. The number of ether oxygens (including phenoxy) is 1. The van der Waals surface area contributed by atoms with Crippen LogP contribution in [0.5, 0.6) is 5.75 Å². The lowest BCUT2D eigenvalue weighted by atomic mass is 10.1. The second-order valence-electron chi connectivity index (χ2n) is 5.51. The van der Waals surface area contributed by atoms with E-state index in [-0.39, 0.29) is 17.0 Å². The topological polar surface area (TPSA) is 99.3 Å². The zero-order valence-electron chi connectivity index (χ0n) is 14.0. The van der Waals surface area contributed by atoms with Crippen LogP contribution in [0, 0.1) is 10.1 Å². The summed E-state index contributed by atoms with van der Waals surface area (Å²) in [5.74, 6) is -0.255. The number of carbonyl (C=O) groups is 1. The average molecular weight is 352 g/mol. The highest BCUT2D eigenvalue weighted by Crippen LogP contribution is 2.25. The molecule has 0 aliphatic heterocycles. The summed E-state index contributed by atoms with van der Waals surface area (Å²) in [5, 5.41) is 17.8. The highest BCUT2D eigenvalue weighted by molar-refractivity contribution is 6.06. The minimum absolute atomic E-state index is 0.0810. The van der Waals surface area contributed by atoms with E-state index >= 15 is 0 Å². The number of methoxy groups -OCH3 is 1. The lowest BCUT2D eigenvalue weighted by molar-refractivity contribution is -0.384. The van der Waals surface area contributed by atoms with E-state index in [2.05, 4.69) is 10.4 Å². The second-order valence-corrected chi connectivity index (χ2v) is 5.51. The van der Waals surface area contributed by atoms with E-state index in [0.717, 1.165) is 5.56 Å². The SMILES string of the molecule is COc1ccc([N+](=O)[O-])cc1C(=O)Nc1cnn(Cc2ccccc2)c1. The number of hydrogen-bond donors (Lipinski definition) is 1. The lowest BCUT2D eigenvalue weighted by Gasteiger charge is -2.08. The number of rotatable bonds is 6. The molecule has 0 bridgehead atoms. The fourth-order valence-electron chi connectivity index (χ4n) is 2.47. The first kappa shape index (κ1) is 17.2. The van der Waals surface area contributed by atoms with Gasteiger partial charge in [-0.05, 0) is 11.6 Å². The van der Waals surface area contributed by atoms with Crippen LogP contribution in [-0.2, 0) is 6.54 Å². The Hall–Kier alpha value is -3.68. The third kappa shape index (κ3) is 3.86. The van der Waals surface area contributed by atoms with Crippen LogP contribution < -0.4 is 10.1 Å². The van der Waals surface area contributed by atoms with Gasteiger partial charge in [-0.15, -0.1) is 0 Å². The van der Waals surface area contributed by atoms with Gasteiger partial charge in [-0.25, -0.2) is 0 Å². The van der Waals surface area contributed by atoms with Gasteiger partial charge in [0.25, 0.3) is 11.6 Å². The maximum Gasteiger partial charge on any atom is 0.270 e. The van der Waals surface area contributed by atoms with Crippen LogP contribution in [0.2, 0.25) is 0 Å². The molecule has 0 radical (unpaired) electrons. The van der Waals surface area contributed by atoms with Crippen molar-refractivity contribution in [3.05, 3.63) is 82.2 Å². The molecule has 1 heterocycles. The molecule has 0 aliphatic carbocycles. The number of aromatic nitrogens is 2. The van der Waals surface area contributed by atoms with Crippen LogP contribution in [-0.4, -0.2) is 27.7 Å². The first-order valence-corrected chi connectivity index (χ1v) is 7.77. The van der Waals surface area contributed by atoms with Gasteiger partial charge < -0.3 is 10.1 Å². The minimum Gasteiger partial charge on any atom is -0.496 e. The molecule has 26 heavy (non-hydrogen) atoms. The molecule has 8 heteroatoms. The van der Waals surface area contributed by atoms with Gasteiger partial charge in [0.2, 0.25) is 0 Å². The van der Waals surface area contributed by atoms with Crippen molar-refractivity contribution in [2.24, 2.45) is 0 Å². The number of carbonyl (C=O) groups excluding carboxylic acids is 1. The van der Waals surface area contributed by atoms with E-state index < -0.39 is 10.8 Å². The van der Waals surface area contributed by atoms with E-state index in [9.17, 15) is 14.9 Å². The van der Waals surface area contributed by atoms with Crippen LogP contribution in [0.3, 0.4) is 0 Å². The van der Waals surface area contributed by atoms with Gasteiger partial charge in [-0.3, -0.25) is 19.6 Å². The van der Waals surface area contributed by atoms with E-state index in [1.165, 1.54) is 31.5 Å². The summed E-state index contributed by atoms with van der Waals surface area (Å²) in [7, 11) is 1.40. The summed E-state index contributed by atoms with van der Waals surface area (Å²) in [4.78, 5) is 22.9. The summed E-state index contributed by atoms with van der Waals surface area (Å²) in [6.45, 7) is 0.566. The Morgan fingerprint density at radius 1 is 1.27 bits per heavy atom. The minimum atomic E-state index is -0.561. The van der Waals surface area contributed by atoms with Gasteiger partial charge in [-0.2, -0.15) is 5.10 Å². The summed E-state index contributed by atoms with van der Waals surface area (Å²) < 4.78 is 6.81. The van der Waals surface area contributed by atoms with Gasteiger partial charge in [0.1, 0.15) is 5.75 Å². The first-order valence-electron chi connectivity index (χ1n) is 7.77. The number of hydrogen-bond acceptors (Lipinski definition) is 5. The number of non-ortho nitro benzene ring substituents is 1. The van der Waals surface area contributed by atoms with Gasteiger partial charge in [0.05, 0.1) is 36.0 Å². The third-order valence-corrected chi connectivity index (χ3v) is 3.72. The number of nitrogens with zero attached hydrogens (tertiary/aromatic N) is 3. The molecule has 8 nitrogen and oxygen atoms in total. The fraction of sp³-hybridized carbons (Fsp3) is 0.111. The summed E-state index contributed by atoms with van der Waals surface area (Å²) in [6, 6.07) is 13.6. The molecule has 0 spiro atoms. The number of nitro benzene ring substituents is 1. The van der Waals surface area contributed by atoms with Crippen molar-refractivity contribution in [3.63, 3.8) is 0 Å². The highest BCUT2D eigenvalue weighted by atomic mass is 16.6. The molecule has 0 aliphatic rings. The Kier molecular flexibility index (Phi) is 4.93. The molecular formula is C18H16N4O4. The van der Waals surface area contributed by atoms with E-state index in [1.54, 1.807) is 10.9 Å². The van der Waals surface area contributed by atoms with Crippen molar-refractivity contribution in [2.45, 2.75) is 6.54 Å². The van der Waals surface area contributed by atoms with Crippen LogP contribution >= 0.6 is 0 Å². The molecule has 132 valence electrons. The molecule has 3 rings (SSSR count). The van der Waals surface area contributed by atoms with E-state index in [1.807, 2.05) is 30.3 Å². The van der Waals surface area contributed by atoms with Crippen LogP contribution in [0.15, 0.2) is 60.9 Å². The Labute approximate surface area is 149 Å². The van der Waals surface area contributed by atoms with Gasteiger partial charge >= 0.3 is 0 Å². The molecule has 0 saturated heterocycles. The van der Waals surface area contributed by atoms with Crippen molar-refractivity contribution in [3.8, 4) is 5.75 Å². The third-order valence-electron chi connectivity index (χ3n) is 3.72. The normalized spacial score (nSPS) is 10.3. The average Bonchev–Trinajstić information content (AvgIpc) is 3.08. The molecular weight excluding hydrogens is 336 g/mol. The zero-order valence-corrected chi connectivity index (χ0v) is 14.0. The molecule has 0 atom stereocenters. The Morgan fingerprint density at radius 3 is 2.73 bits per heavy atom. The summed E-state index contributed by atoms with van der Waals surface area (Å²) in [5.41, 5.74) is 1.46. The van der Waals surface area contributed by atoms with Crippen LogP contribution in [0.4, 0.5) is 11.4 Å². The van der Waals surface area contributed by atoms with Gasteiger partial charge in [0, 0.05) is 18.3 Å². The largest absolute Gasteiger partial charge is 0.496 e. The van der Waals surface area contributed by atoms with Crippen molar-refractivity contribution in [1.82, 2.24) is 9.78 Å². The maximum absolute atomic E-state index is 12.5. The van der Waals surface area contributed by atoms with Crippen LogP contribution in [0.25, 0.3) is 0 Å². The zero-order chi connectivity index (χ0) is 18.5. The number of amides is 1. The molecule has 1 aromatic heterocycles. The molecule has 0 unspecified atom stereocenters.